The van der Waals surface area contributed by atoms with Gasteiger partial charge in [0.1, 0.15) is 0 Å². The Balaban J connectivity index is 1.92. The van der Waals surface area contributed by atoms with Gasteiger partial charge < -0.3 is 0 Å². The van der Waals surface area contributed by atoms with Crippen molar-refractivity contribution in [2.24, 2.45) is 0 Å². The second kappa shape index (κ2) is 3.77. The van der Waals surface area contributed by atoms with Crippen LogP contribution in [0, 0.1) is 6.57 Å². The molecule has 1 aliphatic carbocycles. The molecule has 1 heterocycles. The van der Waals surface area contributed by atoms with Crippen molar-refractivity contribution in [3.8, 4) is 10.4 Å². The number of hydrogen-bond donors (Lipinski definition) is 0. The first-order valence-corrected chi connectivity index (χ1v) is 6.26. The van der Waals surface area contributed by atoms with E-state index in [1.54, 1.807) is 0 Å². The normalized spacial score (nSPS) is 14.7. The van der Waals surface area contributed by atoms with Crippen molar-refractivity contribution in [3.05, 3.63) is 52.7 Å². The van der Waals surface area contributed by atoms with Crippen LogP contribution in [-0.4, -0.2) is 0 Å². The fourth-order valence-electron chi connectivity index (χ4n) is 1.80. The Morgan fingerprint density at radius 2 is 1.81 bits per heavy atom. The molecule has 1 nitrogen and oxygen atoms in total. The van der Waals surface area contributed by atoms with E-state index in [4.69, 9.17) is 6.57 Å². The van der Waals surface area contributed by atoms with Gasteiger partial charge in [0.25, 0.3) is 0 Å². The Morgan fingerprint density at radius 3 is 2.44 bits per heavy atom. The fraction of sp³-hybridized carbons (Fsp3) is 0.214. The molecule has 0 atom stereocenters. The number of nitrogens with zero attached hydrogens (tertiary/aromatic N) is 1. The third kappa shape index (κ3) is 1.75. The standard InChI is InChI=1S/C14H11NS/c1-15-12-6-4-11(5-7-12)14-9-8-13(16-14)10-2-3-10/h4-10H,2-3H2. The van der Waals surface area contributed by atoms with Crippen molar-refractivity contribution in [3.63, 3.8) is 0 Å². The lowest BCUT2D eigenvalue weighted by Crippen LogP contribution is -1.69. The highest BCUT2D eigenvalue weighted by molar-refractivity contribution is 7.15. The Kier molecular flexibility index (Phi) is 2.27. The summed E-state index contributed by atoms with van der Waals surface area (Å²) in [4.78, 5) is 6.24. The highest BCUT2D eigenvalue weighted by Crippen LogP contribution is 2.45. The van der Waals surface area contributed by atoms with Gasteiger partial charge in [-0.2, -0.15) is 0 Å². The number of thiophene rings is 1. The summed E-state index contributed by atoms with van der Waals surface area (Å²) in [7, 11) is 0. The molecule has 0 aliphatic heterocycles. The van der Waals surface area contributed by atoms with E-state index < -0.39 is 0 Å². The van der Waals surface area contributed by atoms with Crippen LogP contribution in [0.2, 0.25) is 0 Å². The highest BCUT2D eigenvalue weighted by atomic mass is 32.1. The van der Waals surface area contributed by atoms with Crippen molar-refractivity contribution in [1.82, 2.24) is 0 Å². The molecule has 78 valence electrons. The smallest absolute Gasteiger partial charge is 0.187 e. The largest absolute Gasteiger partial charge is 0.238 e. The molecule has 0 amide bonds. The lowest BCUT2D eigenvalue weighted by atomic mass is 10.2. The second-order valence-electron chi connectivity index (χ2n) is 4.13. The third-order valence-electron chi connectivity index (χ3n) is 2.89. The van der Waals surface area contributed by atoms with E-state index in [9.17, 15) is 0 Å². The van der Waals surface area contributed by atoms with Crippen molar-refractivity contribution < 1.29 is 0 Å². The van der Waals surface area contributed by atoms with E-state index >= 15 is 0 Å². The van der Waals surface area contributed by atoms with E-state index in [1.807, 2.05) is 35.6 Å². The minimum Gasteiger partial charge on any atom is -0.238 e. The van der Waals surface area contributed by atoms with Crippen LogP contribution < -0.4 is 0 Å². The number of rotatable bonds is 2. The molecule has 2 aromatic rings. The average Bonchev–Trinajstić information content (AvgIpc) is 3.08. The molecule has 0 bridgehead atoms. The molecule has 1 aliphatic rings. The van der Waals surface area contributed by atoms with Crippen LogP contribution >= 0.6 is 11.3 Å². The van der Waals surface area contributed by atoms with Crippen molar-refractivity contribution in [2.75, 3.05) is 0 Å². The molecule has 0 saturated heterocycles. The van der Waals surface area contributed by atoms with Gasteiger partial charge >= 0.3 is 0 Å². The maximum absolute atomic E-state index is 6.92. The summed E-state index contributed by atoms with van der Waals surface area (Å²) in [6.45, 7) is 6.92. The molecular weight excluding hydrogens is 214 g/mol. The summed E-state index contributed by atoms with van der Waals surface area (Å²) in [5.74, 6) is 0.835. The molecule has 0 spiro atoms. The molecule has 0 unspecified atom stereocenters. The molecule has 0 radical (unpaired) electrons. The van der Waals surface area contributed by atoms with Gasteiger partial charge in [-0.15, -0.1) is 11.3 Å². The second-order valence-corrected chi connectivity index (χ2v) is 5.25. The molecule has 16 heavy (non-hydrogen) atoms. The van der Waals surface area contributed by atoms with E-state index in [0.717, 1.165) is 5.92 Å². The Hall–Kier alpha value is -1.59. The molecule has 1 aromatic heterocycles. The number of benzene rings is 1. The molecule has 3 rings (SSSR count). The fourth-order valence-corrected chi connectivity index (χ4v) is 2.98. The van der Waals surface area contributed by atoms with Gasteiger partial charge in [0.05, 0.1) is 6.57 Å². The van der Waals surface area contributed by atoms with Crippen LogP contribution in [-0.2, 0) is 0 Å². The zero-order valence-corrected chi connectivity index (χ0v) is 9.63. The Morgan fingerprint density at radius 1 is 1.06 bits per heavy atom. The predicted octanol–water partition coefficient (Wildman–Crippen LogP) is 4.84. The van der Waals surface area contributed by atoms with E-state index in [0.29, 0.717) is 5.69 Å². The van der Waals surface area contributed by atoms with Crippen molar-refractivity contribution in [1.29, 1.82) is 0 Å². The lowest BCUT2D eigenvalue weighted by Gasteiger charge is -1.96. The first-order chi connectivity index (χ1) is 7.86. The summed E-state index contributed by atoms with van der Waals surface area (Å²) in [6, 6.07) is 12.3. The molecular formula is C14H11NS. The molecule has 1 saturated carbocycles. The summed E-state index contributed by atoms with van der Waals surface area (Å²) in [5.41, 5.74) is 1.94. The van der Waals surface area contributed by atoms with Crippen molar-refractivity contribution in [2.45, 2.75) is 18.8 Å². The number of hydrogen-bond acceptors (Lipinski definition) is 1. The predicted molar refractivity (Wildman–Crippen MR) is 68.0 cm³/mol. The van der Waals surface area contributed by atoms with Crippen LogP contribution in [0.3, 0.4) is 0 Å². The Bertz CT molecular complexity index is 541. The molecule has 1 aromatic carbocycles. The highest BCUT2D eigenvalue weighted by Gasteiger charge is 2.24. The summed E-state index contributed by atoms with van der Waals surface area (Å²) in [5, 5.41) is 0. The maximum Gasteiger partial charge on any atom is 0.187 e. The first-order valence-electron chi connectivity index (χ1n) is 5.44. The monoisotopic (exact) mass is 225 g/mol. The zero-order chi connectivity index (χ0) is 11.0. The minimum atomic E-state index is 0.711. The van der Waals surface area contributed by atoms with Gasteiger partial charge in [0, 0.05) is 9.75 Å². The first kappa shape index (κ1) is 9.62. The topological polar surface area (TPSA) is 4.36 Å². The third-order valence-corrected chi connectivity index (χ3v) is 4.18. The van der Waals surface area contributed by atoms with Crippen LogP contribution in [0.25, 0.3) is 15.3 Å². The van der Waals surface area contributed by atoms with Gasteiger partial charge in [0.15, 0.2) is 5.69 Å². The summed E-state index contributed by atoms with van der Waals surface area (Å²) in [6.07, 6.45) is 2.72. The van der Waals surface area contributed by atoms with E-state index in [1.165, 1.54) is 28.2 Å². The van der Waals surface area contributed by atoms with Gasteiger partial charge in [0.2, 0.25) is 0 Å². The lowest BCUT2D eigenvalue weighted by molar-refractivity contribution is 1.18. The van der Waals surface area contributed by atoms with Crippen LogP contribution in [0.5, 0.6) is 0 Å². The summed E-state index contributed by atoms with van der Waals surface area (Å²) < 4.78 is 0. The summed E-state index contributed by atoms with van der Waals surface area (Å²) >= 11 is 1.89. The van der Waals surface area contributed by atoms with Crippen LogP contribution in [0.15, 0.2) is 36.4 Å². The average molecular weight is 225 g/mol. The zero-order valence-electron chi connectivity index (χ0n) is 8.81. The SMILES string of the molecule is [C-]#[N+]c1ccc(-c2ccc(C3CC3)s2)cc1. The van der Waals surface area contributed by atoms with Gasteiger partial charge in [-0.25, -0.2) is 4.85 Å². The van der Waals surface area contributed by atoms with E-state index in [2.05, 4.69) is 17.0 Å². The molecule has 2 heteroatoms. The minimum absolute atomic E-state index is 0.711. The maximum atomic E-state index is 6.92. The van der Waals surface area contributed by atoms with Crippen LogP contribution in [0.1, 0.15) is 23.6 Å². The van der Waals surface area contributed by atoms with Gasteiger partial charge in [-0.3, -0.25) is 0 Å². The van der Waals surface area contributed by atoms with Gasteiger partial charge in [-0.1, -0.05) is 24.3 Å². The van der Waals surface area contributed by atoms with Gasteiger partial charge in [-0.05, 0) is 36.5 Å². The van der Waals surface area contributed by atoms with Crippen LogP contribution in [0.4, 0.5) is 5.69 Å². The Labute approximate surface area is 99.2 Å². The van der Waals surface area contributed by atoms with E-state index in [-0.39, 0.29) is 0 Å². The van der Waals surface area contributed by atoms with Crippen molar-refractivity contribution >= 4 is 17.0 Å². The molecule has 1 fully saturated rings. The molecule has 0 N–H and O–H groups in total. The quantitative estimate of drug-likeness (QED) is 0.644.